The van der Waals surface area contributed by atoms with Crippen molar-refractivity contribution in [2.24, 2.45) is 0 Å². The Labute approximate surface area is 127 Å². The second kappa shape index (κ2) is 5.98. The molecule has 21 heavy (non-hydrogen) atoms. The van der Waals surface area contributed by atoms with E-state index in [-0.39, 0.29) is 0 Å². The molecule has 0 bridgehead atoms. The van der Waals surface area contributed by atoms with Gasteiger partial charge in [0.25, 0.3) is 0 Å². The van der Waals surface area contributed by atoms with Gasteiger partial charge in [0.15, 0.2) is 5.82 Å². The predicted octanol–water partition coefficient (Wildman–Crippen LogP) is 2.11. The molecule has 0 unspecified atom stereocenters. The SMILES string of the molecule is C1CCC(c2nnc3sc(COC4CCNCC4)nn23)C1. The van der Waals surface area contributed by atoms with Crippen molar-refractivity contribution < 1.29 is 4.74 Å². The molecule has 2 aromatic heterocycles. The van der Waals surface area contributed by atoms with E-state index in [9.17, 15) is 0 Å². The maximum absolute atomic E-state index is 5.98. The van der Waals surface area contributed by atoms with E-state index in [1.807, 2.05) is 4.52 Å². The third-order valence-electron chi connectivity index (χ3n) is 4.51. The molecule has 0 atom stereocenters. The number of rotatable bonds is 4. The minimum Gasteiger partial charge on any atom is -0.371 e. The Balaban J connectivity index is 1.46. The van der Waals surface area contributed by atoms with Crippen LogP contribution in [0.15, 0.2) is 0 Å². The molecule has 1 N–H and O–H groups in total. The Kier molecular flexibility index (Phi) is 3.87. The van der Waals surface area contributed by atoms with Gasteiger partial charge < -0.3 is 10.1 Å². The van der Waals surface area contributed by atoms with Gasteiger partial charge in [0, 0.05) is 5.92 Å². The molecule has 2 fully saturated rings. The summed E-state index contributed by atoms with van der Waals surface area (Å²) < 4.78 is 7.93. The fourth-order valence-corrected chi connectivity index (χ4v) is 4.08. The highest BCUT2D eigenvalue weighted by Crippen LogP contribution is 2.33. The summed E-state index contributed by atoms with van der Waals surface area (Å²) in [7, 11) is 0. The van der Waals surface area contributed by atoms with Gasteiger partial charge in [-0.1, -0.05) is 24.2 Å². The van der Waals surface area contributed by atoms with Crippen LogP contribution in [-0.4, -0.2) is 39.0 Å². The van der Waals surface area contributed by atoms with Gasteiger partial charge in [-0.3, -0.25) is 0 Å². The molecule has 7 heteroatoms. The second-order valence-electron chi connectivity index (χ2n) is 5.99. The lowest BCUT2D eigenvalue weighted by molar-refractivity contribution is 0.0208. The zero-order valence-corrected chi connectivity index (χ0v) is 12.9. The summed E-state index contributed by atoms with van der Waals surface area (Å²) in [5.41, 5.74) is 0. The van der Waals surface area contributed by atoms with E-state index >= 15 is 0 Å². The van der Waals surface area contributed by atoms with Gasteiger partial charge in [-0.05, 0) is 38.8 Å². The van der Waals surface area contributed by atoms with Gasteiger partial charge in [-0.25, -0.2) is 0 Å². The van der Waals surface area contributed by atoms with Crippen LogP contribution >= 0.6 is 11.3 Å². The standard InChI is InChI=1S/C14H21N5OS/c1-2-4-10(3-1)13-16-17-14-19(13)18-12(21-14)9-20-11-5-7-15-8-6-11/h10-11,15H,1-9H2. The van der Waals surface area contributed by atoms with Crippen LogP contribution in [0.2, 0.25) is 0 Å². The van der Waals surface area contributed by atoms with Crippen molar-refractivity contribution in [3.8, 4) is 0 Å². The van der Waals surface area contributed by atoms with Crippen molar-refractivity contribution in [1.29, 1.82) is 0 Å². The van der Waals surface area contributed by atoms with Gasteiger partial charge in [0.1, 0.15) is 11.6 Å². The van der Waals surface area contributed by atoms with Crippen LogP contribution in [0.25, 0.3) is 4.96 Å². The summed E-state index contributed by atoms with van der Waals surface area (Å²) in [4.78, 5) is 0.904. The Morgan fingerprint density at radius 1 is 1.14 bits per heavy atom. The van der Waals surface area contributed by atoms with Crippen LogP contribution in [0.3, 0.4) is 0 Å². The first kappa shape index (κ1) is 13.6. The molecule has 0 spiro atoms. The predicted molar refractivity (Wildman–Crippen MR) is 80.5 cm³/mol. The monoisotopic (exact) mass is 307 g/mol. The largest absolute Gasteiger partial charge is 0.371 e. The highest BCUT2D eigenvalue weighted by Gasteiger charge is 2.24. The topological polar surface area (TPSA) is 64.3 Å². The first-order valence-electron chi connectivity index (χ1n) is 7.93. The highest BCUT2D eigenvalue weighted by molar-refractivity contribution is 7.16. The van der Waals surface area contributed by atoms with Gasteiger partial charge in [-0.2, -0.15) is 9.61 Å². The minimum absolute atomic E-state index is 0.370. The molecular weight excluding hydrogens is 286 g/mol. The van der Waals surface area contributed by atoms with Gasteiger partial charge in [0.2, 0.25) is 4.96 Å². The molecule has 114 valence electrons. The Bertz CT molecular complexity index is 598. The lowest BCUT2D eigenvalue weighted by Crippen LogP contribution is -2.32. The molecule has 4 rings (SSSR count). The van der Waals surface area contributed by atoms with E-state index < -0.39 is 0 Å². The molecule has 0 amide bonds. The molecule has 2 aromatic rings. The first-order valence-corrected chi connectivity index (χ1v) is 8.75. The number of hydrogen-bond donors (Lipinski definition) is 1. The maximum Gasteiger partial charge on any atom is 0.234 e. The second-order valence-corrected chi connectivity index (χ2v) is 7.03. The van der Waals surface area contributed by atoms with Crippen LogP contribution in [0.5, 0.6) is 0 Å². The average molecular weight is 307 g/mol. The van der Waals surface area contributed by atoms with Crippen molar-refractivity contribution in [1.82, 2.24) is 25.1 Å². The lowest BCUT2D eigenvalue weighted by atomic mass is 10.1. The highest BCUT2D eigenvalue weighted by atomic mass is 32.1. The van der Waals surface area contributed by atoms with E-state index in [0.29, 0.717) is 18.6 Å². The van der Waals surface area contributed by atoms with Crippen molar-refractivity contribution >= 4 is 16.3 Å². The first-order chi connectivity index (χ1) is 10.4. The van der Waals surface area contributed by atoms with E-state index in [4.69, 9.17) is 4.74 Å². The van der Waals surface area contributed by atoms with Crippen LogP contribution < -0.4 is 5.32 Å². The zero-order chi connectivity index (χ0) is 14.1. The van der Waals surface area contributed by atoms with Crippen LogP contribution in [0.4, 0.5) is 0 Å². The van der Waals surface area contributed by atoms with E-state index in [2.05, 4.69) is 20.6 Å². The van der Waals surface area contributed by atoms with Crippen LogP contribution in [0.1, 0.15) is 55.3 Å². The van der Waals surface area contributed by atoms with E-state index in [0.717, 1.165) is 41.7 Å². The third-order valence-corrected chi connectivity index (χ3v) is 5.38. The van der Waals surface area contributed by atoms with Crippen molar-refractivity contribution in [3.63, 3.8) is 0 Å². The normalized spacial score (nSPS) is 21.5. The summed E-state index contributed by atoms with van der Waals surface area (Å²) >= 11 is 1.60. The minimum atomic E-state index is 0.370. The third kappa shape index (κ3) is 2.82. The van der Waals surface area contributed by atoms with E-state index in [1.165, 1.54) is 25.7 Å². The fourth-order valence-electron chi connectivity index (χ4n) is 3.32. The number of piperidine rings is 1. The maximum atomic E-state index is 5.98. The smallest absolute Gasteiger partial charge is 0.234 e. The van der Waals surface area contributed by atoms with Gasteiger partial charge in [0.05, 0.1) is 6.10 Å². The van der Waals surface area contributed by atoms with Crippen LogP contribution in [0, 0.1) is 0 Å². The fraction of sp³-hybridized carbons (Fsp3) is 0.786. The van der Waals surface area contributed by atoms with Gasteiger partial charge in [-0.15, -0.1) is 10.2 Å². The molecule has 1 saturated carbocycles. The summed E-state index contributed by atoms with van der Waals surface area (Å²) in [5, 5.41) is 17.7. The number of fused-ring (bicyclic) bond motifs is 1. The van der Waals surface area contributed by atoms with E-state index in [1.54, 1.807) is 11.3 Å². The average Bonchev–Trinajstić information content (AvgIpc) is 3.22. The van der Waals surface area contributed by atoms with Gasteiger partial charge >= 0.3 is 0 Å². The van der Waals surface area contributed by atoms with Crippen LogP contribution in [-0.2, 0) is 11.3 Å². The molecule has 1 aliphatic carbocycles. The molecule has 0 radical (unpaired) electrons. The molecule has 2 aliphatic rings. The lowest BCUT2D eigenvalue weighted by Gasteiger charge is -2.22. The Morgan fingerprint density at radius 3 is 2.76 bits per heavy atom. The number of nitrogens with one attached hydrogen (secondary N) is 1. The summed E-state index contributed by atoms with van der Waals surface area (Å²) in [5.74, 6) is 1.59. The number of ether oxygens (including phenoxy) is 1. The van der Waals surface area contributed by atoms with Crippen molar-refractivity contribution in [2.75, 3.05) is 13.1 Å². The summed E-state index contributed by atoms with van der Waals surface area (Å²) in [6, 6.07) is 0. The number of aromatic nitrogens is 4. The molecule has 1 saturated heterocycles. The molecule has 3 heterocycles. The molecule has 6 nitrogen and oxygen atoms in total. The summed E-state index contributed by atoms with van der Waals surface area (Å²) in [6.45, 7) is 2.71. The zero-order valence-electron chi connectivity index (χ0n) is 12.1. The van der Waals surface area contributed by atoms with Crippen molar-refractivity contribution in [3.05, 3.63) is 10.8 Å². The summed E-state index contributed by atoms with van der Waals surface area (Å²) in [6.07, 6.45) is 7.60. The number of hydrogen-bond acceptors (Lipinski definition) is 6. The van der Waals surface area contributed by atoms with Crippen molar-refractivity contribution in [2.45, 2.75) is 57.2 Å². The molecular formula is C14H21N5OS. The number of nitrogens with zero attached hydrogens (tertiary/aromatic N) is 4. The molecule has 1 aliphatic heterocycles. The Hall–Kier alpha value is -1.05. The molecule has 0 aromatic carbocycles. The Morgan fingerprint density at radius 2 is 1.95 bits per heavy atom. The quantitative estimate of drug-likeness (QED) is 0.937.